The third-order valence-electron chi connectivity index (χ3n) is 5.43. The maximum atomic E-state index is 12.9. The molecule has 3 heterocycles. The largest absolute Gasteiger partial charge is 0.421 e. The van der Waals surface area contributed by atoms with Crippen molar-refractivity contribution in [2.24, 2.45) is 5.92 Å². The van der Waals surface area contributed by atoms with E-state index < -0.39 is 30.4 Å². The van der Waals surface area contributed by atoms with Crippen molar-refractivity contribution >= 4 is 23.4 Å². The molecule has 2 aromatic rings. The summed E-state index contributed by atoms with van der Waals surface area (Å²) in [6.45, 7) is 2.29. The fourth-order valence-corrected chi connectivity index (χ4v) is 3.74. The molecule has 6 nitrogen and oxygen atoms in total. The van der Waals surface area contributed by atoms with Crippen LogP contribution in [0.2, 0.25) is 0 Å². The highest BCUT2D eigenvalue weighted by Gasteiger charge is 2.42. The smallest absolute Gasteiger partial charge is 0.410 e. The number of ketones is 1. The minimum absolute atomic E-state index is 0.0927. The first-order valence-electron chi connectivity index (χ1n) is 9.66. The van der Waals surface area contributed by atoms with Gasteiger partial charge >= 0.3 is 12.3 Å². The zero-order valence-electron chi connectivity index (χ0n) is 16.2. The van der Waals surface area contributed by atoms with Gasteiger partial charge in [-0.2, -0.15) is 13.2 Å². The van der Waals surface area contributed by atoms with Crippen molar-refractivity contribution in [2.45, 2.75) is 32.0 Å². The fraction of sp³-hybridized carbons (Fsp3) is 0.381. The normalized spacial score (nSPS) is 18.7. The van der Waals surface area contributed by atoms with Crippen molar-refractivity contribution in [3.63, 3.8) is 0 Å². The van der Waals surface area contributed by atoms with E-state index in [2.05, 4.69) is 4.98 Å². The predicted octanol–water partition coefficient (Wildman–Crippen LogP) is 4.45. The number of alkyl halides is 3. The lowest BCUT2D eigenvalue weighted by atomic mass is 10.0. The van der Waals surface area contributed by atoms with Gasteiger partial charge in [0.1, 0.15) is 11.4 Å². The van der Waals surface area contributed by atoms with E-state index in [1.54, 1.807) is 36.4 Å². The average Bonchev–Trinajstić information content (AvgIpc) is 3.12. The first-order chi connectivity index (χ1) is 14.2. The van der Waals surface area contributed by atoms with Gasteiger partial charge < -0.3 is 9.64 Å². The van der Waals surface area contributed by atoms with Crippen molar-refractivity contribution in [1.82, 2.24) is 4.98 Å². The quantitative estimate of drug-likeness (QED) is 0.686. The minimum Gasteiger partial charge on any atom is -0.410 e. The van der Waals surface area contributed by atoms with E-state index in [9.17, 15) is 22.8 Å². The molecule has 0 saturated carbocycles. The minimum atomic E-state index is -4.46. The molecule has 2 aliphatic rings. The molecule has 0 N–H and O–H groups in total. The number of aromatic nitrogens is 1. The molecule has 2 aliphatic heterocycles. The van der Waals surface area contributed by atoms with E-state index in [1.807, 2.05) is 4.90 Å². The third kappa shape index (κ3) is 3.83. The number of para-hydroxylation sites is 1. The van der Waals surface area contributed by atoms with E-state index in [0.29, 0.717) is 30.9 Å². The Morgan fingerprint density at radius 3 is 2.63 bits per heavy atom. The summed E-state index contributed by atoms with van der Waals surface area (Å²) in [7, 11) is 0. The molecule has 30 heavy (non-hydrogen) atoms. The van der Waals surface area contributed by atoms with Crippen molar-refractivity contribution in [1.29, 1.82) is 0 Å². The van der Waals surface area contributed by atoms with Crippen LogP contribution in [0, 0.1) is 5.92 Å². The van der Waals surface area contributed by atoms with Crippen LogP contribution < -0.4 is 14.5 Å². The van der Waals surface area contributed by atoms with Gasteiger partial charge in [-0.05, 0) is 30.7 Å². The van der Waals surface area contributed by atoms with Gasteiger partial charge in [-0.3, -0.25) is 9.69 Å². The molecule has 4 rings (SSSR count). The number of Topliss-reactive ketones (excluding diaryl/α,β-unsaturated/α-hetero) is 1. The lowest BCUT2D eigenvalue weighted by Gasteiger charge is -2.35. The molecular weight excluding hydrogens is 399 g/mol. The van der Waals surface area contributed by atoms with Gasteiger partial charge in [0.25, 0.3) is 0 Å². The molecule has 9 heteroatoms. The Morgan fingerprint density at radius 1 is 1.20 bits per heavy atom. The predicted molar refractivity (Wildman–Crippen MR) is 104 cm³/mol. The molecule has 1 unspecified atom stereocenters. The number of rotatable bonds is 4. The lowest BCUT2D eigenvalue weighted by Crippen LogP contribution is -2.47. The highest BCUT2D eigenvalue weighted by molar-refractivity contribution is 5.98. The van der Waals surface area contributed by atoms with Crippen LogP contribution in [0.4, 0.5) is 29.5 Å². The van der Waals surface area contributed by atoms with Crippen molar-refractivity contribution in [3.8, 4) is 5.75 Å². The van der Waals surface area contributed by atoms with E-state index >= 15 is 0 Å². The Balaban J connectivity index is 1.63. The van der Waals surface area contributed by atoms with E-state index in [1.165, 1.54) is 11.0 Å². The van der Waals surface area contributed by atoms with Crippen LogP contribution in [0.3, 0.4) is 0 Å². The summed E-state index contributed by atoms with van der Waals surface area (Å²) in [6, 6.07) is 11.4. The van der Waals surface area contributed by atoms with Gasteiger partial charge in [-0.25, -0.2) is 9.78 Å². The van der Waals surface area contributed by atoms with Gasteiger partial charge in [-0.15, -0.1) is 0 Å². The summed E-state index contributed by atoms with van der Waals surface area (Å²) in [5, 5.41) is 0. The molecule has 0 radical (unpaired) electrons. The number of carbonyl (C=O) groups is 2. The number of carbonyl (C=O) groups excluding carboxylic acids is 2. The van der Waals surface area contributed by atoms with Crippen LogP contribution in [-0.2, 0) is 0 Å². The first kappa shape index (κ1) is 20.2. The molecule has 1 amide bonds. The first-order valence-corrected chi connectivity index (χ1v) is 9.66. The van der Waals surface area contributed by atoms with Crippen LogP contribution >= 0.6 is 0 Å². The van der Waals surface area contributed by atoms with Gasteiger partial charge in [-0.1, -0.05) is 25.1 Å². The van der Waals surface area contributed by atoms with Gasteiger partial charge in [0.05, 0.1) is 17.6 Å². The second kappa shape index (κ2) is 7.62. The molecule has 0 aliphatic carbocycles. The Labute approximate surface area is 171 Å². The number of fused-ring (bicyclic) bond motifs is 4. The summed E-state index contributed by atoms with van der Waals surface area (Å²) >= 11 is 0. The second-order valence-electron chi connectivity index (χ2n) is 7.55. The Hall–Kier alpha value is -3.10. The molecule has 1 aromatic heterocycles. The Kier molecular flexibility index (Phi) is 5.13. The highest BCUT2D eigenvalue weighted by atomic mass is 19.4. The van der Waals surface area contributed by atoms with Crippen LogP contribution in [0.1, 0.15) is 30.3 Å². The highest BCUT2D eigenvalue weighted by Crippen LogP contribution is 2.39. The standard InChI is InChI=1S/C21H20F3N3O3/c1-13(21(22,23)24)11-18(28)16-7-8-17-19(25-16)27(14-9-10-26(17)12-14)20(29)30-15-5-3-2-4-6-15/h2-8,13-14H,9-12H2,1H3/t13?,14-/m0/s1. The number of halogens is 3. The van der Waals surface area contributed by atoms with Crippen molar-refractivity contribution in [2.75, 3.05) is 22.9 Å². The topological polar surface area (TPSA) is 62.7 Å². The Bertz CT molecular complexity index is 965. The summed E-state index contributed by atoms with van der Waals surface area (Å²) < 4.78 is 44.0. The molecule has 0 spiro atoms. The van der Waals surface area contributed by atoms with E-state index in [4.69, 9.17) is 4.74 Å². The summed E-state index contributed by atoms with van der Waals surface area (Å²) in [4.78, 5) is 33.1. The van der Waals surface area contributed by atoms with E-state index in [-0.39, 0.29) is 17.6 Å². The SMILES string of the molecule is CC(CC(=O)c1ccc2c(n1)N(C(=O)Oc1ccccc1)[C@H]1CCN2C1)C(F)(F)F. The number of nitrogens with zero attached hydrogens (tertiary/aromatic N) is 3. The number of hydrogen-bond acceptors (Lipinski definition) is 5. The van der Waals surface area contributed by atoms with Crippen LogP contribution in [0.25, 0.3) is 0 Å². The Morgan fingerprint density at radius 2 is 1.93 bits per heavy atom. The van der Waals surface area contributed by atoms with Gasteiger partial charge in [0, 0.05) is 19.5 Å². The summed E-state index contributed by atoms with van der Waals surface area (Å²) in [5.74, 6) is -1.88. The number of pyridine rings is 1. The second-order valence-corrected chi connectivity index (χ2v) is 7.55. The summed E-state index contributed by atoms with van der Waals surface area (Å²) in [5.41, 5.74) is 0.569. The monoisotopic (exact) mass is 419 g/mol. The zero-order valence-corrected chi connectivity index (χ0v) is 16.2. The van der Waals surface area contributed by atoms with Gasteiger partial charge in [0.15, 0.2) is 11.6 Å². The van der Waals surface area contributed by atoms with Crippen molar-refractivity contribution < 1.29 is 27.5 Å². The number of hydrogen-bond donors (Lipinski definition) is 0. The number of amides is 1. The molecule has 1 fully saturated rings. The van der Waals surface area contributed by atoms with Crippen LogP contribution in [0.15, 0.2) is 42.5 Å². The van der Waals surface area contributed by atoms with Crippen LogP contribution in [0.5, 0.6) is 5.75 Å². The van der Waals surface area contributed by atoms with Gasteiger partial charge in [0.2, 0.25) is 0 Å². The molecule has 1 aromatic carbocycles. The lowest BCUT2D eigenvalue weighted by molar-refractivity contribution is -0.168. The maximum Gasteiger partial charge on any atom is 0.421 e. The average molecular weight is 419 g/mol. The summed E-state index contributed by atoms with van der Waals surface area (Å²) in [6.07, 6.45) is -5.08. The van der Waals surface area contributed by atoms with Crippen LogP contribution in [-0.4, -0.2) is 42.2 Å². The molecular formula is C21H20F3N3O3. The molecule has 158 valence electrons. The zero-order chi connectivity index (χ0) is 21.5. The number of benzene rings is 1. The molecule has 1 saturated heterocycles. The number of ether oxygens (including phenoxy) is 1. The van der Waals surface area contributed by atoms with E-state index in [0.717, 1.165) is 6.92 Å². The fourth-order valence-electron chi connectivity index (χ4n) is 3.74. The van der Waals surface area contributed by atoms with Crippen molar-refractivity contribution in [3.05, 3.63) is 48.2 Å². The third-order valence-corrected chi connectivity index (χ3v) is 5.43. The number of anilines is 2. The molecule has 2 atom stereocenters. The maximum absolute atomic E-state index is 12.9. The molecule has 2 bridgehead atoms.